The fraction of sp³-hybridized carbons (Fsp3) is 0.667. The summed E-state index contributed by atoms with van der Waals surface area (Å²) >= 11 is 0. The van der Waals surface area contributed by atoms with Crippen LogP contribution in [-0.2, 0) is 5.41 Å². The van der Waals surface area contributed by atoms with Gasteiger partial charge in [0.1, 0.15) is 0 Å². The summed E-state index contributed by atoms with van der Waals surface area (Å²) in [4.78, 5) is 2.39. The third-order valence-corrected chi connectivity index (χ3v) is 2.88. The average Bonchev–Trinajstić information content (AvgIpc) is 2.69. The van der Waals surface area contributed by atoms with E-state index in [4.69, 9.17) is 0 Å². The van der Waals surface area contributed by atoms with Crippen LogP contribution < -0.4 is 4.90 Å². The van der Waals surface area contributed by atoms with Crippen molar-refractivity contribution in [2.24, 2.45) is 0 Å². The molecule has 3 heteroatoms. The van der Waals surface area contributed by atoms with Crippen LogP contribution in [0.15, 0.2) is 12.3 Å². The van der Waals surface area contributed by atoms with Crippen LogP contribution >= 0.6 is 0 Å². The predicted octanol–water partition coefficient (Wildman–Crippen LogP) is 2.37. The number of aromatic nitrogens is 2. The van der Waals surface area contributed by atoms with Crippen molar-refractivity contribution in [2.75, 3.05) is 18.0 Å². The molecular weight excluding hydrogens is 186 g/mol. The van der Waals surface area contributed by atoms with Gasteiger partial charge in [-0.1, -0.05) is 20.8 Å². The molecule has 0 atom stereocenters. The van der Waals surface area contributed by atoms with Gasteiger partial charge in [0.25, 0.3) is 0 Å². The van der Waals surface area contributed by atoms with Gasteiger partial charge in [-0.3, -0.25) is 0 Å². The Morgan fingerprint density at radius 1 is 1.20 bits per heavy atom. The minimum absolute atomic E-state index is 0.0860. The summed E-state index contributed by atoms with van der Waals surface area (Å²) in [6.07, 6.45) is 4.47. The van der Waals surface area contributed by atoms with Gasteiger partial charge in [-0.15, -0.1) is 0 Å². The van der Waals surface area contributed by atoms with Gasteiger partial charge in [-0.05, 0) is 18.9 Å². The quantitative estimate of drug-likeness (QED) is 0.705. The monoisotopic (exact) mass is 205 g/mol. The zero-order valence-electron chi connectivity index (χ0n) is 9.82. The van der Waals surface area contributed by atoms with Gasteiger partial charge in [0, 0.05) is 18.5 Å². The minimum atomic E-state index is 0.0860. The molecule has 82 valence electrons. The first-order chi connectivity index (χ1) is 7.07. The molecule has 0 aromatic carbocycles. The molecule has 3 nitrogen and oxygen atoms in total. The summed E-state index contributed by atoms with van der Waals surface area (Å²) in [6, 6.07) is 2.18. The molecule has 1 aromatic heterocycles. The molecular formula is C12H19N3. The van der Waals surface area contributed by atoms with Crippen LogP contribution in [0.1, 0.15) is 39.3 Å². The standard InChI is InChI=1S/C12H19N3/c1-12(2,3)11-8-10(9-13-14-11)15-6-4-5-7-15/h8-9H,4-7H2,1-3H3. The van der Waals surface area contributed by atoms with E-state index in [0.29, 0.717) is 0 Å². The van der Waals surface area contributed by atoms with Crippen molar-refractivity contribution in [1.29, 1.82) is 0 Å². The minimum Gasteiger partial charge on any atom is -0.370 e. The topological polar surface area (TPSA) is 29.0 Å². The molecule has 0 unspecified atom stereocenters. The molecule has 2 rings (SSSR count). The summed E-state index contributed by atoms with van der Waals surface area (Å²) in [5, 5.41) is 8.31. The molecule has 0 N–H and O–H groups in total. The Balaban J connectivity index is 2.26. The fourth-order valence-corrected chi connectivity index (χ4v) is 1.87. The lowest BCUT2D eigenvalue weighted by molar-refractivity contribution is 0.558. The Morgan fingerprint density at radius 2 is 1.87 bits per heavy atom. The Bertz CT molecular complexity index is 335. The molecule has 0 saturated carbocycles. The van der Waals surface area contributed by atoms with E-state index >= 15 is 0 Å². The second-order valence-electron chi connectivity index (χ2n) is 5.24. The van der Waals surface area contributed by atoms with Gasteiger partial charge < -0.3 is 4.90 Å². The van der Waals surface area contributed by atoms with E-state index < -0.39 is 0 Å². The zero-order valence-corrected chi connectivity index (χ0v) is 9.82. The SMILES string of the molecule is CC(C)(C)c1cc(N2CCCC2)cnn1. The van der Waals surface area contributed by atoms with Gasteiger partial charge in [-0.2, -0.15) is 10.2 Å². The average molecular weight is 205 g/mol. The van der Waals surface area contributed by atoms with Crippen molar-refractivity contribution < 1.29 is 0 Å². The van der Waals surface area contributed by atoms with Crippen molar-refractivity contribution in [2.45, 2.75) is 39.0 Å². The largest absolute Gasteiger partial charge is 0.370 e. The first-order valence-corrected chi connectivity index (χ1v) is 5.65. The molecule has 0 aliphatic carbocycles. The Labute approximate surface area is 91.5 Å². The lowest BCUT2D eigenvalue weighted by atomic mass is 9.92. The molecule has 1 aromatic rings. The fourth-order valence-electron chi connectivity index (χ4n) is 1.87. The van der Waals surface area contributed by atoms with Crippen molar-refractivity contribution in [1.82, 2.24) is 10.2 Å². The van der Waals surface area contributed by atoms with Crippen LogP contribution in [0.2, 0.25) is 0 Å². The van der Waals surface area contributed by atoms with E-state index in [1.165, 1.54) is 18.5 Å². The normalized spacial score (nSPS) is 17.1. The van der Waals surface area contributed by atoms with Crippen molar-refractivity contribution in [3.05, 3.63) is 18.0 Å². The van der Waals surface area contributed by atoms with Crippen LogP contribution in [0.5, 0.6) is 0 Å². The summed E-state index contributed by atoms with van der Waals surface area (Å²) < 4.78 is 0. The van der Waals surface area contributed by atoms with E-state index in [0.717, 1.165) is 18.8 Å². The first kappa shape index (κ1) is 10.4. The molecule has 0 spiro atoms. The highest BCUT2D eigenvalue weighted by atomic mass is 15.2. The third-order valence-electron chi connectivity index (χ3n) is 2.88. The maximum Gasteiger partial charge on any atom is 0.0730 e. The van der Waals surface area contributed by atoms with Crippen LogP contribution in [0.25, 0.3) is 0 Å². The molecule has 0 radical (unpaired) electrons. The van der Waals surface area contributed by atoms with Gasteiger partial charge in [0.05, 0.1) is 17.6 Å². The van der Waals surface area contributed by atoms with E-state index in [2.05, 4.69) is 41.9 Å². The van der Waals surface area contributed by atoms with Crippen LogP contribution in [-0.4, -0.2) is 23.3 Å². The van der Waals surface area contributed by atoms with E-state index in [9.17, 15) is 0 Å². The van der Waals surface area contributed by atoms with Crippen molar-refractivity contribution in [3.8, 4) is 0 Å². The third kappa shape index (κ3) is 2.28. The van der Waals surface area contributed by atoms with Crippen molar-refractivity contribution >= 4 is 5.69 Å². The molecule has 0 amide bonds. The van der Waals surface area contributed by atoms with Gasteiger partial charge >= 0.3 is 0 Å². The van der Waals surface area contributed by atoms with E-state index in [-0.39, 0.29) is 5.41 Å². The molecule has 1 saturated heterocycles. The Kier molecular flexibility index (Phi) is 2.63. The maximum absolute atomic E-state index is 4.21. The van der Waals surface area contributed by atoms with E-state index in [1.807, 2.05) is 6.20 Å². The highest BCUT2D eigenvalue weighted by molar-refractivity contribution is 5.46. The van der Waals surface area contributed by atoms with Crippen LogP contribution in [0.4, 0.5) is 5.69 Å². The van der Waals surface area contributed by atoms with Crippen molar-refractivity contribution in [3.63, 3.8) is 0 Å². The summed E-state index contributed by atoms with van der Waals surface area (Å²) in [5.41, 5.74) is 2.39. The van der Waals surface area contributed by atoms with Crippen LogP contribution in [0.3, 0.4) is 0 Å². The molecule has 1 fully saturated rings. The smallest absolute Gasteiger partial charge is 0.0730 e. The summed E-state index contributed by atoms with van der Waals surface area (Å²) in [5.74, 6) is 0. The highest BCUT2D eigenvalue weighted by Gasteiger charge is 2.19. The summed E-state index contributed by atoms with van der Waals surface area (Å²) in [7, 11) is 0. The molecule has 0 bridgehead atoms. The Morgan fingerprint density at radius 3 is 2.47 bits per heavy atom. The zero-order chi connectivity index (χ0) is 10.9. The van der Waals surface area contributed by atoms with Crippen LogP contribution in [0, 0.1) is 0 Å². The lowest BCUT2D eigenvalue weighted by Gasteiger charge is -2.21. The first-order valence-electron chi connectivity index (χ1n) is 5.65. The molecule has 2 heterocycles. The Hall–Kier alpha value is -1.12. The summed E-state index contributed by atoms with van der Waals surface area (Å²) in [6.45, 7) is 8.84. The second-order valence-corrected chi connectivity index (χ2v) is 5.24. The second kappa shape index (κ2) is 3.80. The lowest BCUT2D eigenvalue weighted by Crippen LogP contribution is -2.20. The highest BCUT2D eigenvalue weighted by Crippen LogP contribution is 2.25. The molecule has 15 heavy (non-hydrogen) atoms. The number of hydrogen-bond acceptors (Lipinski definition) is 3. The number of nitrogens with zero attached hydrogens (tertiary/aromatic N) is 3. The molecule has 1 aliphatic rings. The predicted molar refractivity (Wildman–Crippen MR) is 62.2 cm³/mol. The maximum atomic E-state index is 4.21. The van der Waals surface area contributed by atoms with Gasteiger partial charge in [0.2, 0.25) is 0 Å². The van der Waals surface area contributed by atoms with Gasteiger partial charge in [-0.25, -0.2) is 0 Å². The number of anilines is 1. The molecule has 1 aliphatic heterocycles. The number of hydrogen-bond donors (Lipinski definition) is 0. The number of rotatable bonds is 1. The van der Waals surface area contributed by atoms with Gasteiger partial charge in [0.15, 0.2) is 0 Å². The van der Waals surface area contributed by atoms with E-state index in [1.54, 1.807) is 0 Å².